The number of carbonyl (C=O) groups excluding carboxylic acids is 1. The molecule has 1 fully saturated rings. The van der Waals surface area contributed by atoms with Gasteiger partial charge in [-0.1, -0.05) is 5.10 Å². The molecule has 1 amide bonds. The fourth-order valence-corrected chi connectivity index (χ4v) is 4.05. The summed E-state index contributed by atoms with van der Waals surface area (Å²) in [6, 6.07) is 6.56. The number of nitrogens with zero attached hydrogens (tertiary/aromatic N) is 5. The molecule has 10 heteroatoms. The van der Waals surface area contributed by atoms with Crippen LogP contribution in [0.4, 0.5) is 18.9 Å². The second-order valence-corrected chi connectivity index (χ2v) is 7.91. The van der Waals surface area contributed by atoms with E-state index in [-0.39, 0.29) is 17.5 Å². The maximum Gasteiger partial charge on any atom is 0.416 e. The molecule has 0 saturated carbocycles. The zero-order chi connectivity index (χ0) is 22.3. The van der Waals surface area contributed by atoms with Crippen molar-refractivity contribution in [1.29, 1.82) is 0 Å². The molecule has 5 rings (SSSR count). The van der Waals surface area contributed by atoms with E-state index in [0.717, 1.165) is 47.5 Å². The Balaban J connectivity index is 1.22. The van der Waals surface area contributed by atoms with Crippen LogP contribution in [-0.2, 0) is 6.18 Å². The van der Waals surface area contributed by atoms with Crippen molar-refractivity contribution < 1.29 is 23.4 Å². The van der Waals surface area contributed by atoms with Crippen LogP contribution in [0.25, 0.3) is 11.1 Å². The topological polar surface area (TPSA) is 80.0 Å². The molecular formula is C22H20F3N6O+. The van der Waals surface area contributed by atoms with E-state index in [1.54, 1.807) is 28.9 Å². The normalized spacial score (nSPS) is 16.4. The van der Waals surface area contributed by atoms with Gasteiger partial charge in [-0.3, -0.25) is 9.48 Å². The molecule has 7 nitrogen and oxygen atoms in total. The number of likely N-dealkylation sites (tertiary alicyclic amines) is 1. The molecule has 0 aliphatic carbocycles. The van der Waals surface area contributed by atoms with E-state index in [0.29, 0.717) is 13.1 Å². The molecule has 2 aliphatic rings. The first-order chi connectivity index (χ1) is 15.4. The summed E-state index contributed by atoms with van der Waals surface area (Å²) >= 11 is 0. The first-order valence-corrected chi connectivity index (χ1v) is 10.3. The van der Waals surface area contributed by atoms with E-state index in [2.05, 4.69) is 15.2 Å². The number of amides is 1. The van der Waals surface area contributed by atoms with Gasteiger partial charge in [0.05, 0.1) is 17.8 Å². The number of aromatic nitrogens is 3. The Morgan fingerprint density at radius 1 is 1.06 bits per heavy atom. The Kier molecular flexibility index (Phi) is 5.01. The van der Waals surface area contributed by atoms with Gasteiger partial charge in [-0.05, 0) is 37.1 Å². The summed E-state index contributed by atoms with van der Waals surface area (Å²) in [6.07, 6.45) is 4.34. The standard InChI is InChI=1S/C22H19F3N6O/c23-22(24,25)17-3-1-14(2-4-17)21(32)30-7-5-18(6-8-30)31-13-16(11-28-31)15-9-19-20(26-10-15)12-27-29-19/h1-4,9-13,18H,5-8H2,(H,27,29)/p+1. The monoisotopic (exact) mass is 441 g/mol. The lowest BCUT2D eigenvalue weighted by Gasteiger charge is -2.32. The van der Waals surface area contributed by atoms with Crippen LogP contribution in [0.2, 0.25) is 0 Å². The van der Waals surface area contributed by atoms with Crippen molar-refractivity contribution in [1.82, 2.24) is 19.7 Å². The third-order valence-electron chi connectivity index (χ3n) is 5.88. The minimum Gasteiger partial charge on any atom is -0.338 e. The number of benzene rings is 1. The van der Waals surface area contributed by atoms with Gasteiger partial charge in [0.2, 0.25) is 0 Å². The lowest BCUT2D eigenvalue weighted by molar-refractivity contribution is -0.573. The predicted molar refractivity (Wildman–Crippen MR) is 110 cm³/mol. The minimum atomic E-state index is -4.41. The van der Waals surface area contributed by atoms with Gasteiger partial charge in [0.15, 0.2) is 5.69 Å². The van der Waals surface area contributed by atoms with E-state index in [4.69, 9.17) is 0 Å². The van der Waals surface area contributed by atoms with Crippen LogP contribution in [0.1, 0.15) is 40.5 Å². The van der Waals surface area contributed by atoms with Crippen LogP contribution in [0.5, 0.6) is 0 Å². The molecule has 0 unspecified atom stereocenters. The number of quaternary nitrogens is 1. The fraction of sp³-hybridized carbons (Fsp3) is 0.273. The summed E-state index contributed by atoms with van der Waals surface area (Å²) in [5.74, 6) is -0.249. The number of fused-ring (bicyclic) bond motifs is 1. The molecule has 32 heavy (non-hydrogen) atoms. The Bertz CT molecular complexity index is 1180. The van der Waals surface area contributed by atoms with Gasteiger partial charge in [0.1, 0.15) is 11.9 Å². The molecule has 2 N–H and O–H groups in total. The smallest absolute Gasteiger partial charge is 0.338 e. The molecule has 0 atom stereocenters. The summed E-state index contributed by atoms with van der Waals surface area (Å²) in [7, 11) is 0. The summed E-state index contributed by atoms with van der Waals surface area (Å²) in [5.41, 5.74) is 5.04. The lowest BCUT2D eigenvalue weighted by atomic mass is 10.0. The van der Waals surface area contributed by atoms with Crippen molar-refractivity contribution in [3.8, 4) is 11.1 Å². The summed E-state index contributed by atoms with van der Waals surface area (Å²) in [4.78, 5) is 18.8. The molecule has 0 spiro atoms. The Labute approximate surface area is 181 Å². The van der Waals surface area contributed by atoms with E-state index in [1.165, 1.54) is 12.1 Å². The van der Waals surface area contributed by atoms with Crippen LogP contribution >= 0.6 is 0 Å². The summed E-state index contributed by atoms with van der Waals surface area (Å²) < 4.78 is 40.1. The highest BCUT2D eigenvalue weighted by atomic mass is 19.4. The van der Waals surface area contributed by atoms with Crippen molar-refractivity contribution in [3.05, 3.63) is 65.7 Å². The number of alkyl halides is 3. The number of halogens is 3. The van der Waals surface area contributed by atoms with Gasteiger partial charge in [0, 0.05) is 48.2 Å². The molecule has 164 valence electrons. The Morgan fingerprint density at radius 2 is 1.81 bits per heavy atom. The number of carbonyl (C=O) groups is 1. The van der Waals surface area contributed by atoms with Crippen molar-refractivity contribution in [3.63, 3.8) is 0 Å². The van der Waals surface area contributed by atoms with Crippen LogP contribution in [0, 0.1) is 0 Å². The minimum absolute atomic E-state index is 0.151. The molecule has 1 saturated heterocycles. The van der Waals surface area contributed by atoms with Gasteiger partial charge in [-0.2, -0.15) is 23.7 Å². The third kappa shape index (κ3) is 3.89. The number of pyridine rings is 1. The largest absolute Gasteiger partial charge is 0.416 e. The summed E-state index contributed by atoms with van der Waals surface area (Å²) in [5, 5.41) is 8.62. The van der Waals surface area contributed by atoms with E-state index in [9.17, 15) is 18.0 Å². The molecule has 0 radical (unpaired) electrons. The highest BCUT2D eigenvalue weighted by Crippen LogP contribution is 2.30. The number of hydrogen-bond acceptors (Lipinski definition) is 4. The fourth-order valence-electron chi connectivity index (χ4n) is 4.05. The van der Waals surface area contributed by atoms with Gasteiger partial charge >= 0.3 is 6.18 Å². The molecule has 1 aromatic carbocycles. The van der Waals surface area contributed by atoms with Crippen molar-refractivity contribution in [2.45, 2.75) is 25.1 Å². The van der Waals surface area contributed by atoms with E-state index >= 15 is 0 Å². The first kappa shape index (κ1) is 20.4. The van der Waals surface area contributed by atoms with Crippen molar-refractivity contribution >= 4 is 17.8 Å². The molecule has 4 heterocycles. The maximum absolute atomic E-state index is 12.7. The van der Waals surface area contributed by atoms with Crippen LogP contribution in [-0.4, -0.2) is 44.9 Å². The van der Waals surface area contributed by atoms with Gasteiger partial charge in [-0.15, -0.1) is 0 Å². The zero-order valence-electron chi connectivity index (χ0n) is 17.0. The maximum atomic E-state index is 12.7. The van der Waals surface area contributed by atoms with Crippen molar-refractivity contribution in [2.24, 2.45) is 5.10 Å². The van der Waals surface area contributed by atoms with Gasteiger partial charge in [0.25, 0.3) is 5.91 Å². The molecular weight excluding hydrogens is 421 g/mol. The number of nitrogens with two attached hydrogens (primary N) is 1. The van der Waals surface area contributed by atoms with E-state index in [1.807, 2.05) is 16.9 Å². The Hall–Kier alpha value is -3.53. The molecule has 0 bridgehead atoms. The van der Waals surface area contributed by atoms with Crippen LogP contribution in [0.15, 0.2) is 54.0 Å². The highest BCUT2D eigenvalue weighted by Gasteiger charge is 2.31. The SMILES string of the molecule is O=C(c1ccc(C(F)(F)F)cc1)N1CCC(n2cc(-c3cnc4c(c3)[NH2+]N=C4)cn2)CC1. The number of rotatable bonds is 3. The third-order valence-corrected chi connectivity index (χ3v) is 5.88. The van der Waals surface area contributed by atoms with Gasteiger partial charge < -0.3 is 4.90 Å². The second-order valence-electron chi connectivity index (χ2n) is 7.91. The zero-order valence-corrected chi connectivity index (χ0v) is 17.0. The number of hydrogen-bond donors (Lipinski definition) is 1. The number of piperidine rings is 1. The predicted octanol–water partition coefficient (Wildman–Crippen LogP) is 2.98. The summed E-state index contributed by atoms with van der Waals surface area (Å²) in [6.45, 7) is 1.04. The Morgan fingerprint density at radius 3 is 2.53 bits per heavy atom. The van der Waals surface area contributed by atoms with Crippen LogP contribution in [0.3, 0.4) is 0 Å². The quantitative estimate of drug-likeness (QED) is 0.635. The first-order valence-electron chi connectivity index (χ1n) is 10.3. The van der Waals surface area contributed by atoms with Crippen molar-refractivity contribution in [2.75, 3.05) is 13.1 Å². The molecule has 2 aliphatic heterocycles. The van der Waals surface area contributed by atoms with Crippen LogP contribution < -0.4 is 5.43 Å². The average Bonchev–Trinajstić information content (AvgIpc) is 3.47. The lowest BCUT2D eigenvalue weighted by Crippen LogP contribution is -2.69. The average molecular weight is 441 g/mol. The molecule has 2 aromatic heterocycles. The highest BCUT2D eigenvalue weighted by molar-refractivity contribution is 5.94. The van der Waals surface area contributed by atoms with E-state index < -0.39 is 11.7 Å². The van der Waals surface area contributed by atoms with Gasteiger partial charge in [-0.25, -0.2) is 4.98 Å². The molecule has 3 aromatic rings. The second kappa shape index (κ2) is 7.86.